The molecule has 0 aliphatic heterocycles. The Balaban J connectivity index is 1.99. The van der Waals surface area contributed by atoms with Gasteiger partial charge in [-0.3, -0.25) is 0 Å². The van der Waals surface area contributed by atoms with E-state index in [4.69, 9.17) is 0 Å². The molecule has 2 aromatic carbocycles. The van der Waals surface area contributed by atoms with E-state index in [1.165, 1.54) is 5.56 Å². The predicted octanol–water partition coefficient (Wildman–Crippen LogP) is 3.24. The maximum atomic E-state index is 12.4. The Morgan fingerprint density at radius 2 is 1.44 bits per heavy atom. The molecule has 2 rings (SSSR count). The second-order valence-electron chi connectivity index (χ2n) is 3.80. The van der Waals surface area contributed by atoms with Crippen molar-refractivity contribution in [3.05, 3.63) is 65.7 Å². The summed E-state index contributed by atoms with van der Waals surface area (Å²) in [7, 11) is 0. The van der Waals surface area contributed by atoms with Crippen LogP contribution in [0.15, 0.2) is 54.6 Å². The van der Waals surface area contributed by atoms with Gasteiger partial charge < -0.3 is 0 Å². The summed E-state index contributed by atoms with van der Waals surface area (Å²) in [5, 5.41) is 0.902. The van der Waals surface area contributed by atoms with Crippen LogP contribution < -0.4 is 4.46 Å². The van der Waals surface area contributed by atoms with E-state index in [2.05, 4.69) is 0 Å². The van der Waals surface area contributed by atoms with Gasteiger partial charge in [0.2, 0.25) is 0 Å². The van der Waals surface area contributed by atoms with E-state index in [-0.39, 0.29) is 15.0 Å². The molecule has 4 heteroatoms. The van der Waals surface area contributed by atoms with Gasteiger partial charge in [0.05, 0.1) is 0 Å². The Morgan fingerprint density at radius 3 is 2.00 bits per heavy atom. The molecule has 0 fully saturated rings. The van der Waals surface area contributed by atoms with Crippen LogP contribution in [0.5, 0.6) is 0 Å². The van der Waals surface area contributed by atoms with E-state index in [0.29, 0.717) is 0 Å². The van der Waals surface area contributed by atoms with Gasteiger partial charge in [0.15, 0.2) is 0 Å². The molecule has 0 spiro atoms. The second kappa shape index (κ2) is 5.59. The zero-order chi connectivity index (χ0) is 13.0. The van der Waals surface area contributed by atoms with Gasteiger partial charge in [-0.15, -0.1) is 0 Å². The molecule has 0 atom stereocenters. The monoisotopic (exact) mass is 316 g/mol. The van der Waals surface area contributed by atoms with Crippen molar-refractivity contribution in [1.29, 1.82) is 0 Å². The Labute approximate surface area is 110 Å². The summed E-state index contributed by atoms with van der Waals surface area (Å²) in [6.45, 7) is 0. The van der Waals surface area contributed by atoms with Crippen LogP contribution in [0.3, 0.4) is 0 Å². The molecule has 0 radical (unpaired) electrons. The van der Waals surface area contributed by atoms with E-state index < -0.39 is 11.7 Å². The van der Waals surface area contributed by atoms with Crippen molar-refractivity contribution in [1.82, 2.24) is 0 Å². The van der Waals surface area contributed by atoms with Crippen LogP contribution in [0.1, 0.15) is 11.1 Å². The van der Waals surface area contributed by atoms with E-state index >= 15 is 0 Å². The van der Waals surface area contributed by atoms with Crippen molar-refractivity contribution in [2.75, 3.05) is 0 Å². The van der Waals surface area contributed by atoms with Gasteiger partial charge in [-0.05, 0) is 0 Å². The SMILES string of the molecule is FC(F)(F)c1ccc([Se]Cc2ccccc2)cc1. The molecule has 0 amide bonds. The molecule has 0 saturated heterocycles. The Hall–Kier alpha value is -1.25. The van der Waals surface area contributed by atoms with Crippen molar-refractivity contribution in [2.24, 2.45) is 0 Å². The molecular weight excluding hydrogens is 304 g/mol. The Kier molecular flexibility index (Phi) is 4.10. The normalized spacial score (nSPS) is 11.5. The Morgan fingerprint density at radius 1 is 0.833 bits per heavy atom. The molecule has 0 N–H and O–H groups in total. The first-order valence-electron chi connectivity index (χ1n) is 5.40. The first-order chi connectivity index (χ1) is 8.55. The summed E-state index contributed by atoms with van der Waals surface area (Å²) >= 11 is 0.172. The van der Waals surface area contributed by atoms with E-state index in [1.54, 1.807) is 12.1 Å². The van der Waals surface area contributed by atoms with Crippen molar-refractivity contribution in [3.63, 3.8) is 0 Å². The summed E-state index contributed by atoms with van der Waals surface area (Å²) in [5.41, 5.74) is 0.638. The fourth-order valence-electron chi connectivity index (χ4n) is 1.48. The predicted molar refractivity (Wildman–Crippen MR) is 67.0 cm³/mol. The van der Waals surface area contributed by atoms with Crippen LogP contribution in [0, 0.1) is 0 Å². The van der Waals surface area contributed by atoms with Gasteiger partial charge in [0.25, 0.3) is 0 Å². The molecule has 0 saturated carbocycles. The maximum absolute atomic E-state index is 12.4. The number of hydrogen-bond donors (Lipinski definition) is 0. The van der Waals surface area contributed by atoms with Gasteiger partial charge in [-0.1, -0.05) is 0 Å². The number of benzene rings is 2. The molecule has 0 nitrogen and oxygen atoms in total. The fraction of sp³-hybridized carbons (Fsp3) is 0.143. The van der Waals surface area contributed by atoms with Crippen molar-refractivity contribution < 1.29 is 13.2 Å². The van der Waals surface area contributed by atoms with Crippen LogP contribution in [0.25, 0.3) is 0 Å². The van der Waals surface area contributed by atoms with Gasteiger partial charge >= 0.3 is 110 Å². The van der Waals surface area contributed by atoms with Crippen LogP contribution in [-0.2, 0) is 11.5 Å². The van der Waals surface area contributed by atoms with Crippen molar-refractivity contribution in [3.8, 4) is 0 Å². The second-order valence-corrected chi connectivity index (χ2v) is 6.00. The fourth-order valence-corrected chi connectivity index (χ4v) is 3.27. The standard InChI is InChI=1S/C14H11F3Se/c15-14(16,17)12-6-8-13(9-7-12)18-10-11-4-2-1-3-5-11/h1-9H,10H2. The van der Waals surface area contributed by atoms with Crippen LogP contribution >= 0.6 is 0 Å². The van der Waals surface area contributed by atoms with Crippen LogP contribution in [0.4, 0.5) is 13.2 Å². The summed E-state index contributed by atoms with van der Waals surface area (Å²) in [6.07, 6.45) is -4.25. The zero-order valence-electron chi connectivity index (χ0n) is 9.45. The molecule has 18 heavy (non-hydrogen) atoms. The summed E-state index contributed by atoms with van der Waals surface area (Å²) < 4.78 is 38.1. The average Bonchev–Trinajstić information content (AvgIpc) is 2.37. The average molecular weight is 315 g/mol. The van der Waals surface area contributed by atoms with Crippen molar-refractivity contribution in [2.45, 2.75) is 11.5 Å². The molecule has 0 unspecified atom stereocenters. The van der Waals surface area contributed by atoms with E-state index in [0.717, 1.165) is 21.9 Å². The quantitative estimate of drug-likeness (QED) is 0.763. The first-order valence-corrected chi connectivity index (χ1v) is 7.46. The van der Waals surface area contributed by atoms with E-state index in [1.807, 2.05) is 30.3 Å². The minimum atomic E-state index is -4.25. The van der Waals surface area contributed by atoms with Crippen LogP contribution in [0.2, 0.25) is 0 Å². The number of alkyl halides is 3. The number of rotatable bonds is 3. The minimum absolute atomic E-state index is 0.172. The molecule has 0 heterocycles. The molecule has 94 valence electrons. The molecule has 0 aliphatic rings. The topological polar surface area (TPSA) is 0 Å². The van der Waals surface area contributed by atoms with Crippen LogP contribution in [-0.4, -0.2) is 15.0 Å². The molecule has 0 aromatic heterocycles. The van der Waals surface area contributed by atoms with Crippen molar-refractivity contribution >= 4 is 19.4 Å². The zero-order valence-corrected chi connectivity index (χ0v) is 11.2. The third-order valence-corrected chi connectivity index (χ3v) is 4.70. The van der Waals surface area contributed by atoms with Gasteiger partial charge in [-0.2, -0.15) is 0 Å². The summed E-state index contributed by atoms with van der Waals surface area (Å²) in [6, 6.07) is 15.4. The molecule has 2 aromatic rings. The summed E-state index contributed by atoms with van der Waals surface area (Å²) in [5.74, 6) is 0. The third kappa shape index (κ3) is 3.62. The molecular formula is C14H11F3Se. The number of hydrogen-bond acceptors (Lipinski definition) is 0. The first kappa shape index (κ1) is 13.2. The Bertz CT molecular complexity index is 489. The molecule has 0 aliphatic carbocycles. The van der Waals surface area contributed by atoms with Gasteiger partial charge in [-0.25, -0.2) is 0 Å². The molecule has 0 bridgehead atoms. The van der Waals surface area contributed by atoms with E-state index in [9.17, 15) is 13.2 Å². The third-order valence-electron chi connectivity index (χ3n) is 2.43. The summed E-state index contributed by atoms with van der Waals surface area (Å²) in [4.78, 5) is 0. The van der Waals surface area contributed by atoms with Gasteiger partial charge in [0.1, 0.15) is 0 Å². The number of halogens is 3. The van der Waals surface area contributed by atoms with Gasteiger partial charge in [0, 0.05) is 0 Å².